The van der Waals surface area contributed by atoms with Crippen molar-refractivity contribution in [2.75, 3.05) is 31.9 Å². The number of aryl methyl sites for hydroxylation is 1. The van der Waals surface area contributed by atoms with Crippen molar-refractivity contribution in [3.63, 3.8) is 0 Å². The smallest absolute Gasteiger partial charge is 0.257 e. The lowest BCUT2D eigenvalue weighted by atomic mass is 10.1. The number of anilines is 1. The molecular weight excluding hydrogens is 504 g/mol. The van der Waals surface area contributed by atoms with Gasteiger partial charge in [-0.1, -0.05) is 24.3 Å². The molecule has 8 nitrogen and oxygen atoms in total. The Morgan fingerprint density at radius 2 is 1.76 bits per heavy atom. The number of carbonyl (C=O) groups is 1. The molecule has 0 bridgehead atoms. The molecule has 0 fully saturated rings. The highest BCUT2D eigenvalue weighted by Gasteiger charge is 2.17. The topological polar surface area (TPSA) is 88.1 Å². The largest absolute Gasteiger partial charge is 0.490 e. The number of amides is 1. The number of para-hydroxylation sites is 1. The zero-order chi connectivity index (χ0) is 26.3. The third-order valence-corrected chi connectivity index (χ3v) is 6.85. The maximum absolute atomic E-state index is 13.0. The van der Waals surface area contributed by atoms with E-state index in [1.807, 2.05) is 62.4 Å². The van der Waals surface area contributed by atoms with Crippen LogP contribution in [-0.2, 0) is 6.42 Å². The van der Waals surface area contributed by atoms with Gasteiger partial charge < -0.3 is 23.7 Å². The van der Waals surface area contributed by atoms with E-state index >= 15 is 0 Å². The predicted molar refractivity (Wildman–Crippen MR) is 145 cm³/mol. The van der Waals surface area contributed by atoms with Crippen LogP contribution in [-0.4, -0.2) is 37.5 Å². The number of hydrogen-bond donors (Lipinski definition) is 1. The van der Waals surface area contributed by atoms with Crippen molar-refractivity contribution in [2.24, 2.45) is 0 Å². The van der Waals surface area contributed by atoms with Gasteiger partial charge in [-0.15, -0.1) is 11.3 Å². The lowest BCUT2D eigenvalue weighted by Gasteiger charge is -2.13. The zero-order valence-electron chi connectivity index (χ0n) is 21.2. The van der Waals surface area contributed by atoms with E-state index in [4.69, 9.17) is 23.7 Å². The second-order valence-corrected chi connectivity index (χ2v) is 9.53. The molecule has 0 saturated heterocycles. The van der Waals surface area contributed by atoms with Crippen LogP contribution in [0.3, 0.4) is 0 Å². The van der Waals surface area contributed by atoms with Crippen molar-refractivity contribution in [1.29, 1.82) is 0 Å². The van der Waals surface area contributed by atoms with Crippen molar-refractivity contribution in [2.45, 2.75) is 20.3 Å². The van der Waals surface area contributed by atoms with Gasteiger partial charge >= 0.3 is 0 Å². The highest BCUT2D eigenvalue weighted by molar-refractivity contribution is 7.15. The molecule has 0 unspecified atom stereocenters. The summed E-state index contributed by atoms with van der Waals surface area (Å²) in [5.41, 5.74) is 2.41. The van der Waals surface area contributed by atoms with Crippen molar-refractivity contribution < 1.29 is 28.5 Å². The summed E-state index contributed by atoms with van der Waals surface area (Å²) in [6.45, 7) is 5.23. The van der Waals surface area contributed by atoms with Crippen LogP contribution < -0.4 is 29.0 Å². The summed E-state index contributed by atoms with van der Waals surface area (Å²) < 4.78 is 28.1. The number of benzene rings is 3. The molecule has 0 saturated carbocycles. The molecule has 0 aliphatic carbocycles. The Balaban J connectivity index is 1.20. The number of rotatable bonds is 11. The average molecular weight is 533 g/mol. The summed E-state index contributed by atoms with van der Waals surface area (Å²) in [6, 6.07) is 20.6. The van der Waals surface area contributed by atoms with Gasteiger partial charge in [-0.2, -0.15) is 0 Å². The Kier molecular flexibility index (Phi) is 7.94. The lowest BCUT2D eigenvalue weighted by Crippen LogP contribution is -2.13. The van der Waals surface area contributed by atoms with Crippen LogP contribution in [0.2, 0.25) is 0 Å². The van der Waals surface area contributed by atoms with Crippen LogP contribution in [0.4, 0.5) is 5.13 Å². The summed E-state index contributed by atoms with van der Waals surface area (Å²) in [5.74, 6) is 3.07. The van der Waals surface area contributed by atoms with E-state index < -0.39 is 0 Å². The molecule has 1 amide bonds. The molecule has 0 radical (unpaired) electrons. The van der Waals surface area contributed by atoms with E-state index in [0.29, 0.717) is 48.4 Å². The normalized spacial score (nSPS) is 11.7. The van der Waals surface area contributed by atoms with Gasteiger partial charge in [0.25, 0.3) is 5.91 Å². The number of hydrogen-bond acceptors (Lipinski definition) is 8. The fourth-order valence-corrected chi connectivity index (χ4v) is 4.91. The Labute approximate surface area is 225 Å². The van der Waals surface area contributed by atoms with E-state index in [2.05, 4.69) is 10.3 Å². The molecule has 4 aromatic rings. The van der Waals surface area contributed by atoms with Crippen molar-refractivity contribution in [3.8, 4) is 28.7 Å². The van der Waals surface area contributed by atoms with Crippen LogP contribution >= 0.6 is 11.3 Å². The minimum atomic E-state index is -0.270. The fraction of sp³-hybridized carbons (Fsp3) is 0.241. The molecule has 0 spiro atoms. The summed E-state index contributed by atoms with van der Waals surface area (Å²) in [6.07, 6.45) is 0.685. The predicted octanol–water partition coefficient (Wildman–Crippen LogP) is 5.88. The molecule has 38 heavy (non-hydrogen) atoms. The molecule has 1 aliphatic rings. The molecule has 1 N–H and O–H groups in total. The first-order valence-corrected chi connectivity index (χ1v) is 13.1. The maximum Gasteiger partial charge on any atom is 0.257 e. The van der Waals surface area contributed by atoms with E-state index in [9.17, 15) is 4.79 Å². The molecule has 0 atom stereocenters. The molecule has 3 aromatic carbocycles. The third kappa shape index (κ3) is 6.18. The number of fused-ring (bicyclic) bond motifs is 1. The third-order valence-electron chi connectivity index (χ3n) is 5.77. The Morgan fingerprint density at radius 1 is 0.947 bits per heavy atom. The molecule has 9 heteroatoms. The number of nitrogens with one attached hydrogen (secondary N) is 1. The van der Waals surface area contributed by atoms with E-state index in [0.717, 1.165) is 33.4 Å². The zero-order valence-corrected chi connectivity index (χ0v) is 22.0. The van der Waals surface area contributed by atoms with Gasteiger partial charge in [0, 0.05) is 16.9 Å². The van der Waals surface area contributed by atoms with Crippen molar-refractivity contribution >= 4 is 22.4 Å². The van der Waals surface area contributed by atoms with E-state index in [1.165, 1.54) is 11.3 Å². The van der Waals surface area contributed by atoms with Crippen LogP contribution in [0.25, 0.3) is 0 Å². The molecule has 1 aromatic heterocycles. The Morgan fingerprint density at radius 3 is 2.61 bits per heavy atom. The van der Waals surface area contributed by atoms with Gasteiger partial charge in [-0.05, 0) is 61.9 Å². The maximum atomic E-state index is 13.0. The Hall–Kier alpha value is -4.24. The second kappa shape index (κ2) is 11.9. The number of thiazole rings is 1. The van der Waals surface area contributed by atoms with Gasteiger partial charge in [-0.25, -0.2) is 4.98 Å². The Bertz CT molecular complexity index is 1410. The minimum Gasteiger partial charge on any atom is -0.490 e. The van der Waals surface area contributed by atoms with E-state index in [-0.39, 0.29) is 12.7 Å². The van der Waals surface area contributed by atoms with Crippen LogP contribution in [0, 0.1) is 6.92 Å². The number of carbonyl (C=O) groups excluding carboxylic acids is 1. The van der Waals surface area contributed by atoms with E-state index in [1.54, 1.807) is 18.2 Å². The number of ether oxygens (including phenoxy) is 5. The molecule has 2 heterocycles. The van der Waals surface area contributed by atoms with Gasteiger partial charge in [0.05, 0.1) is 12.3 Å². The second-order valence-electron chi connectivity index (χ2n) is 8.45. The first-order chi connectivity index (χ1) is 18.6. The lowest BCUT2D eigenvalue weighted by molar-refractivity contribution is 0.102. The monoisotopic (exact) mass is 532 g/mol. The first-order valence-electron chi connectivity index (χ1n) is 12.3. The fourth-order valence-electron chi connectivity index (χ4n) is 3.92. The van der Waals surface area contributed by atoms with Crippen LogP contribution in [0.15, 0.2) is 66.7 Å². The molecule has 196 valence electrons. The molecular formula is C29H28N2O6S. The number of nitrogens with zero attached hydrogens (tertiary/aromatic N) is 1. The van der Waals surface area contributed by atoms with Gasteiger partial charge in [0.2, 0.25) is 6.79 Å². The van der Waals surface area contributed by atoms with Gasteiger partial charge in [-0.3, -0.25) is 10.1 Å². The number of aromatic nitrogens is 1. The average Bonchev–Trinajstić information content (AvgIpc) is 3.53. The standard InChI is InChI=1S/C29H28N2O6S/c1-3-33-26-17-21(10-12-23(26)35-14-13-34-22-7-5-4-6-8-22)28(32)31-29-30-19(2)27(38-29)16-20-9-11-24-25(15-20)37-18-36-24/h4-12,15,17H,3,13-14,16,18H2,1-2H3,(H,30,31,32). The summed E-state index contributed by atoms with van der Waals surface area (Å²) in [5, 5.41) is 3.45. The summed E-state index contributed by atoms with van der Waals surface area (Å²) >= 11 is 1.45. The molecule has 5 rings (SSSR count). The molecule has 1 aliphatic heterocycles. The van der Waals surface area contributed by atoms with Crippen molar-refractivity contribution in [3.05, 3.63) is 88.4 Å². The SMILES string of the molecule is CCOc1cc(C(=O)Nc2nc(C)c(Cc3ccc4c(c3)OCO4)s2)ccc1OCCOc1ccccc1. The summed E-state index contributed by atoms with van der Waals surface area (Å²) in [7, 11) is 0. The van der Waals surface area contributed by atoms with Gasteiger partial charge in [0.1, 0.15) is 19.0 Å². The highest BCUT2D eigenvalue weighted by Crippen LogP contribution is 2.34. The van der Waals surface area contributed by atoms with Crippen LogP contribution in [0.1, 0.15) is 33.4 Å². The highest BCUT2D eigenvalue weighted by atomic mass is 32.1. The minimum absolute atomic E-state index is 0.245. The van der Waals surface area contributed by atoms with Crippen molar-refractivity contribution in [1.82, 2.24) is 4.98 Å². The van der Waals surface area contributed by atoms with Gasteiger partial charge in [0.15, 0.2) is 28.1 Å². The summed E-state index contributed by atoms with van der Waals surface area (Å²) in [4.78, 5) is 18.6. The quantitative estimate of drug-likeness (QED) is 0.241. The van der Waals surface area contributed by atoms with Crippen LogP contribution in [0.5, 0.6) is 28.7 Å². The first kappa shape index (κ1) is 25.4.